The second kappa shape index (κ2) is 6.88. The number of rotatable bonds is 7. The number of hydrogen-bond acceptors (Lipinski definition) is 3. The van der Waals surface area contributed by atoms with Crippen LogP contribution in [0.15, 0.2) is 0 Å². The molecule has 1 N–H and O–H groups in total. The first-order chi connectivity index (χ1) is 8.69. The summed E-state index contributed by atoms with van der Waals surface area (Å²) in [4.78, 5) is 5.08. The molecule has 0 aliphatic carbocycles. The van der Waals surface area contributed by atoms with Crippen LogP contribution in [-0.2, 0) is 0 Å². The minimum atomic E-state index is 0.821. The van der Waals surface area contributed by atoms with Gasteiger partial charge in [0.1, 0.15) is 0 Å². The molecule has 3 nitrogen and oxygen atoms in total. The van der Waals surface area contributed by atoms with Crippen LogP contribution in [0.3, 0.4) is 0 Å². The second-order valence-corrected chi connectivity index (χ2v) is 6.46. The molecule has 0 aromatic rings. The van der Waals surface area contributed by atoms with Crippen LogP contribution in [-0.4, -0.2) is 61.7 Å². The van der Waals surface area contributed by atoms with Gasteiger partial charge in [-0.1, -0.05) is 6.92 Å². The highest BCUT2D eigenvalue weighted by atomic mass is 15.2. The van der Waals surface area contributed by atoms with Crippen molar-refractivity contribution in [3.63, 3.8) is 0 Å². The molecule has 2 rings (SSSR count). The van der Waals surface area contributed by atoms with Crippen molar-refractivity contribution in [1.29, 1.82) is 0 Å². The van der Waals surface area contributed by atoms with E-state index in [0.717, 1.165) is 18.1 Å². The fraction of sp³-hybridized carbons (Fsp3) is 1.00. The highest BCUT2D eigenvalue weighted by Crippen LogP contribution is 2.29. The third kappa shape index (κ3) is 3.94. The van der Waals surface area contributed by atoms with Crippen molar-refractivity contribution in [1.82, 2.24) is 15.1 Å². The molecule has 2 fully saturated rings. The Labute approximate surface area is 113 Å². The van der Waals surface area contributed by atoms with Crippen molar-refractivity contribution in [2.45, 2.75) is 63.6 Å². The molecule has 0 radical (unpaired) electrons. The Morgan fingerprint density at radius 3 is 2.22 bits per heavy atom. The molecule has 3 heteroatoms. The minimum absolute atomic E-state index is 0.821. The van der Waals surface area contributed by atoms with E-state index in [1.807, 2.05) is 0 Å². The lowest BCUT2D eigenvalue weighted by molar-refractivity contribution is 0.136. The van der Waals surface area contributed by atoms with E-state index in [1.54, 1.807) is 0 Å². The standard InChI is InChI=1S/C15H31N3/c1-4-8-18(10-5-9-17(2)3)15-11-13-6-7-14(12-15)16-13/h13-16H,4-12H2,1-3H3. The Hall–Kier alpha value is -0.120. The number of nitrogens with one attached hydrogen (secondary N) is 1. The van der Waals surface area contributed by atoms with Crippen molar-refractivity contribution < 1.29 is 0 Å². The monoisotopic (exact) mass is 253 g/mol. The normalized spacial score (nSPS) is 31.5. The average Bonchev–Trinajstić information content (AvgIpc) is 2.67. The van der Waals surface area contributed by atoms with E-state index in [9.17, 15) is 0 Å². The average molecular weight is 253 g/mol. The molecule has 2 bridgehead atoms. The molecule has 18 heavy (non-hydrogen) atoms. The van der Waals surface area contributed by atoms with Gasteiger partial charge in [-0.05, 0) is 72.3 Å². The van der Waals surface area contributed by atoms with Gasteiger partial charge in [0.2, 0.25) is 0 Å². The van der Waals surface area contributed by atoms with E-state index in [4.69, 9.17) is 0 Å². The zero-order chi connectivity index (χ0) is 13.0. The summed E-state index contributed by atoms with van der Waals surface area (Å²) in [5.41, 5.74) is 0. The Kier molecular flexibility index (Phi) is 5.46. The van der Waals surface area contributed by atoms with Crippen LogP contribution in [0.5, 0.6) is 0 Å². The van der Waals surface area contributed by atoms with Crippen molar-refractivity contribution in [2.24, 2.45) is 0 Å². The van der Waals surface area contributed by atoms with Gasteiger partial charge in [0.05, 0.1) is 0 Å². The molecule has 0 amide bonds. The van der Waals surface area contributed by atoms with Crippen LogP contribution < -0.4 is 5.32 Å². The molecule has 0 saturated carbocycles. The predicted octanol–water partition coefficient (Wildman–Crippen LogP) is 1.93. The van der Waals surface area contributed by atoms with Gasteiger partial charge in [-0.15, -0.1) is 0 Å². The van der Waals surface area contributed by atoms with Gasteiger partial charge < -0.3 is 15.1 Å². The lowest BCUT2D eigenvalue weighted by Gasteiger charge is -2.38. The van der Waals surface area contributed by atoms with Gasteiger partial charge in [-0.3, -0.25) is 0 Å². The van der Waals surface area contributed by atoms with Gasteiger partial charge in [-0.25, -0.2) is 0 Å². The summed E-state index contributed by atoms with van der Waals surface area (Å²) in [5.74, 6) is 0. The van der Waals surface area contributed by atoms with Crippen molar-refractivity contribution >= 4 is 0 Å². The summed E-state index contributed by atoms with van der Waals surface area (Å²) in [6.45, 7) is 6.11. The number of piperidine rings is 1. The number of fused-ring (bicyclic) bond motifs is 2. The SMILES string of the molecule is CCCN(CCCN(C)C)C1CC2CCC(C1)N2. The van der Waals surface area contributed by atoms with Crippen LogP contribution in [0.25, 0.3) is 0 Å². The quantitative estimate of drug-likeness (QED) is 0.748. The van der Waals surface area contributed by atoms with Crippen molar-refractivity contribution in [3.05, 3.63) is 0 Å². The topological polar surface area (TPSA) is 18.5 Å². The predicted molar refractivity (Wildman–Crippen MR) is 78.0 cm³/mol. The molecular formula is C15H31N3. The Morgan fingerprint density at radius 2 is 1.67 bits per heavy atom. The molecule has 106 valence electrons. The summed E-state index contributed by atoms with van der Waals surface area (Å²) in [5, 5.41) is 3.76. The van der Waals surface area contributed by atoms with Crippen LogP contribution in [0.1, 0.15) is 45.4 Å². The van der Waals surface area contributed by atoms with E-state index in [1.165, 1.54) is 58.2 Å². The van der Waals surface area contributed by atoms with Gasteiger partial charge in [0, 0.05) is 18.1 Å². The Balaban J connectivity index is 1.80. The molecule has 0 aromatic carbocycles. The summed E-state index contributed by atoms with van der Waals surface area (Å²) >= 11 is 0. The van der Waals surface area contributed by atoms with E-state index in [-0.39, 0.29) is 0 Å². The fourth-order valence-corrected chi connectivity index (χ4v) is 3.68. The van der Waals surface area contributed by atoms with E-state index < -0.39 is 0 Å². The summed E-state index contributed by atoms with van der Waals surface area (Å²) in [6.07, 6.45) is 8.21. The van der Waals surface area contributed by atoms with Gasteiger partial charge >= 0.3 is 0 Å². The molecule has 2 unspecified atom stereocenters. The third-order valence-corrected chi connectivity index (χ3v) is 4.53. The maximum Gasteiger partial charge on any atom is 0.0125 e. The molecule has 0 aromatic heterocycles. The molecule has 2 aliphatic heterocycles. The highest BCUT2D eigenvalue weighted by Gasteiger charge is 2.35. The van der Waals surface area contributed by atoms with Gasteiger partial charge in [0.15, 0.2) is 0 Å². The number of hydrogen-bond donors (Lipinski definition) is 1. The van der Waals surface area contributed by atoms with Gasteiger partial charge in [-0.2, -0.15) is 0 Å². The first kappa shape index (κ1) is 14.3. The zero-order valence-electron chi connectivity index (χ0n) is 12.5. The van der Waals surface area contributed by atoms with Crippen molar-refractivity contribution in [2.75, 3.05) is 33.7 Å². The third-order valence-electron chi connectivity index (χ3n) is 4.53. The maximum atomic E-state index is 3.76. The molecule has 2 heterocycles. The van der Waals surface area contributed by atoms with E-state index >= 15 is 0 Å². The molecular weight excluding hydrogens is 222 g/mol. The largest absolute Gasteiger partial charge is 0.311 e. The number of nitrogens with zero attached hydrogens (tertiary/aromatic N) is 2. The minimum Gasteiger partial charge on any atom is -0.311 e. The molecule has 2 aliphatic rings. The zero-order valence-corrected chi connectivity index (χ0v) is 12.5. The van der Waals surface area contributed by atoms with Crippen LogP contribution >= 0.6 is 0 Å². The lowest BCUT2D eigenvalue weighted by Crippen LogP contribution is -2.49. The molecule has 2 saturated heterocycles. The van der Waals surface area contributed by atoms with Crippen LogP contribution in [0.4, 0.5) is 0 Å². The van der Waals surface area contributed by atoms with Crippen LogP contribution in [0.2, 0.25) is 0 Å². The molecule has 2 atom stereocenters. The first-order valence-corrected chi connectivity index (χ1v) is 7.84. The fourth-order valence-electron chi connectivity index (χ4n) is 3.68. The van der Waals surface area contributed by atoms with E-state index in [0.29, 0.717) is 0 Å². The van der Waals surface area contributed by atoms with Crippen LogP contribution in [0, 0.1) is 0 Å². The smallest absolute Gasteiger partial charge is 0.0125 e. The van der Waals surface area contributed by atoms with Crippen molar-refractivity contribution in [3.8, 4) is 0 Å². The Morgan fingerprint density at radius 1 is 1.00 bits per heavy atom. The van der Waals surface area contributed by atoms with E-state index in [2.05, 4.69) is 36.1 Å². The highest BCUT2D eigenvalue weighted by molar-refractivity contribution is 4.95. The Bertz CT molecular complexity index is 230. The molecule has 0 spiro atoms. The summed E-state index contributed by atoms with van der Waals surface area (Å²) in [7, 11) is 4.35. The van der Waals surface area contributed by atoms with Gasteiger partial charge in [0.25, 0.3) is 0 Å². The maximum absolute atomic E-state index is 3.76. The summed E-state index contributed by atoms with van der Waals surface area (Å²) < 4.78 is 0. The summed E-state index contributed by atoms with van der Waals surface area (Å²) in [6, 6.07) is 2.50. The first-order valence-electron chi connectivity index (χ1n) is 7.84. The lowest BCUT2D eigenvalue weighted by atomic mass is 9.97. The second-order valence-electron chi connectivity index (χ2n) is 6.46.